The van der Waals surface area contributed by atoms with E-state index in [1.165, 1.54) is 0 Å². The Labute approximate surface area is 115 Å². The Hall–Kier alpha value is -2.68. The van der Waals surface area contributed by atoms with E-state index in [0.29, 0.717) is 6.61 Å². The van der Waals surface area contributed by atoms with Gasteiger partial charge < -0.3 is 14.9 Å². The van der Waals surface area contributed by atoms with Gasteiger partial charge in [-0.05, 0) is 46.7 Å². The molecule has 0 saturated carbocycles. The molecule has 98 valence electrons. The molecule has 2 N–H and O–H groups in total. The molecule has 0 spiro atoms. The van der Waals surface area contributed by atoms with Crippen LogP contribution in [0.15, 0.2) is 48.5 Å². The van der Waals surface area contributed by atoms with Crippen LogP contribution in [0.3, 0.4) is 0 Å². The number of fused-ring (bicyclic) bond motifs is 5. The lowest BCUT2D eigenvalue weighted by atomic mass is 9.92. The third-order valence-electron chi connectivity index (χ3n) is 3.71. The summed E-state index contributed by atoms with van der Waals surface area (Å²) in [5, 5.41) is 21.3. The molecule has 0 radical (unpaired) electrons. The predicted molar refractivity (Wildman–Crippen MR) is 77.0 cm³/mol. The molecule has 0 bridgehead atoms. The molecule has 1 aliphatic heterocycles. The number of hydrogen-bond donors (Lipinski definition) is 2. The molecule has 0 fully saturated rings. The summed E-state index contributed by atoms with van der Waals surface area (Å²) >= 11 is 0. The molecule has 3 aromatic carbocycles. The van der Waals surface area contributed by atoms with E-state index < -0.39 is 0 Å². The highest BCUT2D eigenvalue weighted by Gasteiger charge is 2.20. The van der Waals surface area contributed by atoms with Gasteiger partial charge in [0.15, 0.2) is 0 Å². The van der Waals surface area contributed by atoms with Crippen LogP contribution in [0.25, 0.3) is 21.9 Å². The van der Waals surface area contributed by atoms with Gasteiger partial charge in [-0.1, -0.05) is 18.2 Å². The highest BCUT2D eigenvalue weighted by Crippen LogP contribution is 2.43. The van der Waals surface area contributed by atoms with Crippen molar-refractivity contribution in [1.29, 1.82) is 0 Å². The first-order valence-electron chi connectivity index (χ1n) is 6.43. The molecule has 4 rings (SSSR count). The van der Waals surface area contributed by atoms with Crippen molar-refractivity contribution in [2.24, 2.45) is 0 Å². The molecule has 0 saturated heterocycles. The molecule has 0 aromatic heterocycles. The Balaban J connectivity index is 2.11. The van der Waals surface area contributed by atoms with Crippen LogP contribution in [0.2, 0.25) is 0 Å². The van der Waals surface area contributed by atoms with Crippen LogP contribution in [0.5, 0.6) is 17.2 Å². The largest absolute Gasteiger partial charge is 0.508 e. The molecule has 0 atom stereocenters. The van der Waals surface area contributed by atoms with Crippen molar-refractivity contribution in [2.75, 3.05) is 0 Å². The number of benzene rings is 3. The Bertz CT molecular complexity index is 837. The minimum absolute atomic E-state index is 0.233. The van der Waals surface area contributed by atoms with E-state index in [-0.39, 0.29) is 11.5 Å². The zero-order chi connectivity index (χ0) is 13.7. The van der Waals surface area contributed by atoms with Crippen LogP contribution in [-0.4, -0.2) is 10.2 Å². The van der Waals surface area contributed by atoms with Gasteiger partial charge in [0.1, 0.15) is 23.9 Å². The molecule has 3 heteroatoms. The summed E-state index contributed by atoms with van der Waals surface area (Å²) < 4.78 is 5.76. The summed E-state index contributed by atoms with van der Waals surface area (Å²) in [7, 11) is 0. The Morgan fingerprint density at radius 1 is 0.850 bits per heavy atom. The lowest BCUT2D eigenvalue weighted by Crippen LogP contribution is -2.05. The molecule has 20 heavy (non-hydrogen) atoms. The summed E-state index contributed by atoms with van der Waals surface area (Å²) in [5.41, 5.74) is 2.97. The first-order valence-corrected chi connectivity index (χ1v) is 6.43. The zero-order valence-electron chi connectivity index (χ0n) is 10.6. The smallest absolute Gasteiger partial charge is 0.128 e. The van der Waals surface area contributed by atoms with Gasteiger partial charge >= 0.3 is 0 Å². The van der Waals surface area contributed by atoms with Crippen molar-refractivity contribution in [3.05, 3.63) is 54.1 Å². The molecule has 0 amide bonds. The van der Waals surface area contributed by atoms with Gasteiger partial charge in [0, 0.05) is 11.1 Å². The highest BCUT2D eigenvalue weighted by atomic mass is 16.5. The fourth-order valence-electron chi connectivity index (χ4n) is 2.78. The summed E-state index contributed by atoms with van der Waals surface area (Å²) in [6.07, 6.45) is 0. The lowest BCUT2D eigenvalue weighted by molar-refractivity contribution is 0.302. The van der Waals surface area contributed by atoms with Crippen molar-refractivity contribution in [2.45, 2.75) is 6.61 Å². The molecule has 3 nitrogen and oxygen atoms in total. The van der Waals surface area contributed by atoms with Gasteiger partial charge in [0.25, 0.3) is 0 Å². The van der Waals surface area contributed by atoms with Crippen molar-refractivity contribution < 1.29 is 14.9 Å². The van der Waals surface area contributed by atoms with E-state index in [1.54, 1.807) is 24.3 Å². The van der Waals surface area contributed by atoms with Gasteiger partial charge in [0.2, 0.25) is 0 Å². The summed E-state index contributed by atoms with van der Waals surface area (Å²) in [6.45, 7) is 0.445. The second-order valence-electron chi connectivity index (χ2n) is 4.97. The predicted octanol–water partition coefficient (Wildman–Crippen LogP) is 3.81. The van der Waals surface area contributed by atoms with Crippen LogP contribution in [0.1, 0.15) is 5.56 Å². The van der Waals surface area contributed by atoms with Crippen LogP contribution in [0, 0.1) is 0 Å². The van der Waals surface area contributed by atoms with Gasteiger partial charge in [-0.3, -0.25) is 0 Å². The van der Waals surface area contributed by atoms with E-state index >= 15 is 0 Å². The van der Waals surface area contributed by atoms with Crippen LogP contribution in [0.4, 0.5) is 0 Å². The topological polar surface area (TPSA) is 49.7 Å². The van der Waals surface area contributed by atoms with Crippen molar-refractivity contribution in [3.8, 4) is 28.4 Å². The Morgan fingerprint density at radius 2 is 1.60 bits per heavy atom. The van der Waals surface area contributed by atoms with E-state index in [1.807, 2.05) is 24.3 Å². The lowest BCUT2D eigenvalue weighted by Gasteiger charge is -2.22. The summed E-state index contributed by atoms with van der Waals surface area (Å²) in [4.78, 5) is 0. The van der Waals surface area contributed by atoms with Crippen molar-refractivity contribution in [3.63, 3.8) is 0 Å². The number of rotatable bonds is 0. The average molecular weight is 264 g/mol. The standard InChI is InChI=1S/C17H12O3/c18-12-4-5-14-11(7-12)9-20-16-6-2-10-1-3-13(19)8-15(10)17(14)16/h1-8,18-19H,9H2. The summed E-state index contributed by atoms with van der Waals surface area (Å²) in [6, 6.07) is 14.5. The zero-order valence-corrected chi connectivity index (χ0v) is 10.6. The van der Waals surface area contributed by atoms with Crippen LogP contribution < -0.4 is 4.74 Å². The number of hydrogen-bond acceptors (Lipinski definition) is 3. The molecule has 1 heterocycles. The first kappa shape index (κ1) is 11.2. The second-order valence-corrected chi connectivity index (χ2v) is 4.97. The SMILES string of the molecule is Oc1ccc2c(c1)COc1ccc3ccc(O)cc3c1-2. The Kier molecular flexibility index (Phi) is 2.18. The van der Waals surface area contributed by atoms with E-state index in [0.717, 1.165) is 33.2 Å². The molecule has 0 unspecified atom stereocenters. The van der Waals surface area contributed by atoms with Gasteiger partial charge in [-0.25, -0.2) is 0 Å². The monoisotopic (exact) mass is 264 g/mol. The minimum Gasteiger partial charge on any atom is -0.508 e. The quantitative estimate of drug-likeness (QED) is 0.649. The molecule has 1 aliphatic rings. The van der Waals surface area contributed by atoms with Crippen molar-refractivity contribution in [1.82, 2.24) is 0 Å². The Morgan fingerprint density at radius 3 is 2.50 bits per heavy atom. The minimum atomic E-state index is 0.233. The van der Waals surface area contributed by atoms with E-state index in [9.17, 15) is 10.2 Å². The van der Waals surface area contributed by atoms with E-state index in [4.69, 9.17) is 4.74 Å². The molecular formula is C17H12O3. The van der Waals surface area contributed by atoms with Gasteiger partial charge in [0.05, 0.1) is 0 Å². The average Bonchev–Trinajstić information content (AvgIpc) is 2.46. The molecule has 0 aliphatic carbocycles. The maximum Gasteiger partial charge on any atom is 0.128 e. The number of phenolic OH excluding ortho intramolecular Hbond substituents is 2. The first-order chi connectivity index (χ1) is 9.72. The fourth-order valence-corrected chi connectivity index (χ4v) is 2.78. The maximum absolute atomic E-state index is 9.74. The highest BCUT2D eigenvalue weighted by molar-refractivity contribution is 6.01. The third kappa shape index (κ3) is 1.53. The van der Waals surface area contributed by atoms with Crippen molar-refractivity contribution >= 4 is 10.8 Å². The normalized spacial score (nSPS) is 12.6. The molecular weight excluding hydrogens is 252 g/mol. The van der Waals surface area contributed by atoms with Crippen LogP contribution in [-0.2, 0) is 6.61 Å². The number of phenols is 2. The van der Waals surface area contributed by atoms with E-state index in [2.05, 4.69) is 0 Å². The maximum atomic E-state index is 9.74. The van der Waals surface area contributed by atoms with Gasteiger partial charge in [-0.2, -0.15) is 0 Å². The third-order valence-corrected chi connectivity index (χ3v) is 3.71. The van der Waals surface area contributed by atoms with Gasteiger partial charge in [-0.15, -0.1) is 0 Å². The molecule has 3 aromatic rings. The number of ether oxygens (including phenoxy) is 1. The fraction of sp³-hybridized carbons (Fsp3) is 0.0588. The second kappa shape index (κ2) is 3.90. The number of aromatic hydroxyl groups is 2. The summed E-state index contributed by atoms with van der Waals surface area (Å²) in [5.74, 6) is 1.27. The van der Waals surface area contributed by atoms with Crippen LogP contribution >= 0.6 is 0 Å².